The van der Waals surface area contributed by atoms with E-state index in [9.17, 15) is 5.11 Å². The fraction of sp³-hybridized carbons (Fsp3) is 0.500. The Bertz CT molecular complexity index is 762. The largest absolute Gasteiger partial charge is 1.00 e. The van der Waals surface area contributed by atoms with Gasteiger partial charge in [0, 0.05) is 11.6 Å². The number of fused-ring (bicyclic) bond motifs is 1. The van der Waals surface area contributed by atoms with Crippen LogP contribution in [0.5, 0.6) is 0 Å². The minimum absolute atomic E-state index is 0. The van der Waals surface area contributed by atoms with Gasteiger partial charge in [-0.2, -0.15) is 0 Å². The van der Waals surface area contributed by atoms with Crippen molar-refractivity contribution >= 4 is 29.2 Å². The third-order valence-electron chi connectivity index (χ3n) is 4.99. The molecule has 2 heterocycles. The number of halogens is 3. The first-order chi connectivity index (χ1) is 12.6. The summed E-state index contributed by atoms with van der Waals surface area (Å²) in [5, 5.41) is 12.5. The summed E-state index contributed by atoms with van der Waals surface area (Å²) in [7, 11) is 0. The van der Waals surface area contributed by atoms with Crippen molar-refractivity contribution in [1.29, 1.82) is 0 Å². The zero-order valence-electron chi connectivity index (χ0n) is 15.5. The number of anilines is 1. The standard InChI is InChI=1S/C20H26Cl2N3O.BrH/c1-2-3-4-5-6-7-13-25-19-23-11-8-12-24(19)15-20(25,26)16-9-10-17(21)18(22)14-16;/h8-12,14,26H,2-7,13,15H2,1H3;1H/q+1;/p-1/t20-;/m1./s1. The Kier molecular flexibility index (Phi) is 8.35. The molecule has 0 aliphatic carbocycles. The average molecular weight is 475 g/mol. The first-order valence-electron chi connectivity index (χ1n) is 9.36. The summed E-state index contributed by atoms with van der Waals surface area (Å²) in [5.41, 5.74) is -0.428. The second-order valence-corrected chi connectivity index (χ2v) is 7.73. The molecule has 0 spiro atoms. The zero-order valence-corrected chi connectivity index (χ0v) is 18.6. The van der Waals surface area contributed by atoms with Gasteiger partial charge < -0.3 is 22.1 Å². The number of hydrogen-bond acceptors (Lipinski definition) is 3. The van der Waals surface area contributed by atoms with Crippen LogP contribution in [0.15, 0.2) is 36.7 Å². The van der Waals surface area contributed by atoms with Gasteiger partial charge in [-0.25, -0.2) is 9.47 Å². The van der Waals surface area contributed by atoms with Crippen molar-refractivity contribution in [3.05, 3.63) is 52.3 Å². The van der Waals surface area contributed by atoms with E-state index in [1.165, 1.54) is 25.7 Å². The minimum atomic E-state index is -1.17. The first kappa shape index (κ1) is 22.4. The van der Waals surface area contributed by atoms with Crippen LogP contribution >= 0.6 is 23.2 Å². The summed E-state index contributed by atoms with van der Waals surface area (Å²) in [6.45, 7) is 3.39. The molecule has 0 amide bonds. The van der Waals surface area contributed by atoms with E-state index in [2.05, 4.69) is 11.9 Å². The molecule has 1 aliphatic rings. The van der Waals surface area contributed by atoms with Gasteiger partial charge >= 0.3 is 5.95 Å². The Balaban J connectivity index is 0.00000261. The lowest BCUT2D eigenvalue weighted by Gasteiger charge is -2.28. The zero-order chi connectivity index (χ0) is 18.6. The average Bonchev–Trinajstić information content (AvgIpc) is 2.93. The van der Waals surface area contributed by atoms with Crippen LogP contribution in [0.1, 0.15) is 51.0 Å². The Labute approximate surface area is 181 Å². The van der Waals surface area contributed by atoms with Crippen molar-refractivity contribution in [2.75, 3.05) is 11.4 Å². The van der Waals surface area contributed by atoms with E-state index < -0.39 is 5.72 Å². The van der Waals surface area contributed by atoms with Crippen molar-refractivity contribution in [3.63, 3.8) is 0 Å². The predicted molar refractivity (Wildman–Crippen MR) is 106 cm³/mol. The lowest BCUT2D eigenvalue weighted by molar-refractivity contribution is -0.685. The highest BCUT2D eigenvalue weighted by molar-refractivity contribution is 6.42. The quantitative estimate of drug-likeness (QED) is 0.467. The van der Waals surface area contributed by atoms with Crippen molar-refractivity contribution in [1.82, 2.24) is 4.98 Å². The van der Waals surface area contributed by atoms with E-state index in [0.29, 0.717) is 16.6 Å². The molecule has 1 N–H and O–H groups in total. The van der Waals surface area contributed by atoms with Gasteiger partial charge in [0.25, 0.3) is 0 Å². The van der Waals surface area contributed by atoms with Gasteiger partial charge in [0.05, 0.1) is 22.8 Å². The SMILES string of the molecule is CCCCCCCCN1c2nccc[n+]2C[C@@]1(O)c1ccc(Cl)c(Cl)c1.[Br-]. The molecule has 2 aromatic rings. The molecule has 0 radical (unpaired) electrons. The molecule has 3 rings (SSSR count). The van der Waals surface area contributed by atoms with Crippen molar-refractivity contribution < 1.29 is 26.7 Å². The highest BCUT2D eigenvalue weighted by atomic mass is 79.9. The predicted octanol–water partition coefficient (Wildman–Crippen LogP) is 1.71. The maximum Gasteiger partial charge on any atom is 0.396 e. The van der Waals surface area contributed by atoms with Gasteiger partial charge in [-0.05, 0) is 18.6 Å². The Morgan fingerprint density at radius 3 is 2.63 bits per heavy atom. The second-order valence-electron chi connectivity index (χ2n) is 6.91. The molecular weight excluding hydrogens is 449 g/mol. The third-order valence-corrected chi connectivity index (χ3v) is 5.73. The van der Waals surface area contributed by atoms with E-state index in [1.54, 1.807) is 18.3 Å². The van der Waals surface area contributed by atoms with Crippen molar-refractivity contribution in [2.45, 2.75) is 57.7 Å². The molecule has 4 nitrogen and oxygen atoms in total. The molecule has 1 atom stereocenters. The summed E-state index contributed by atoms with van der Waals surface area (Å²) < 4.78 is 1.99. The van der Waals surface area contributed by atoms with Crippen LogP contribution in [-0.2, 0) is 12.3 Å². The third kappa shape index (κ3) is 4.94. The van der Waals surface area contributed by atoms with Crippen LogP contribution in [-0.4, -0.2) is 16.6 Å². The molecule has 0 saturated carbocycles. The molecule has 0 fully saturated rings. The molecule has 7 heteroatoms. The van der Waals surface area contributed by atoms with E-state index >= 15 is 0 Å². The van der Waals surface area contributed by atoms with E-state index in [1.807, 2.05) is 27.8 Å². The Morgan fingerprint density at radius 1 is 1.15 bits per heavy atom. The van der Waals surface area contributed by atoms with Gasteiger partial charge in [-0.15, -0.1) is 0 Å². The van der Waals surface area contributed by atoms with Crippen LogP contribution < -0.4 is 26.4 Å². The number of rotatable bonds is 8. The van der Waals surface area contributed by atoms with E-state index in [4.69, 9.17) is 23.2 Å². The fourth-order valence-corrected chi connectivity index (χ4v) is 3.85. The van der Waals surface area contributed by atoms with Gasteiger partial charge in [-0.1, -0.05) is 73.3 Å². The van der Waals surface area contributed by atoms with Crippen LogP contribution in [0, 0.1) is 0 Å². The lowest BCUT2D eigenvalue weighted by Crippen LogP contribution is -3.00. The summed E-state index contributed by atoms with van der Waals surface area (Å²) in [5.74, 6) is 0.787. The van der Waals surface area contributed by atoms with Crippen LogP contribution in [0.3, 0.4) is 0 Å². The van der Waals surface area contributed by atoms with E-state index in [-0.39, 0.29) is 17.0 Å². The summed E-state index contributed by atoms with van der Waals surface area (Å²) in [6.07, 6.45) is 10.9. The summed E-state index contributed by atoms with van der Waals surface area (Å²) in [4.78, 5) is 6.49. The van der Waals surface area contributed by atoms with Crippen LogP contribution in [0.25, 0.3) is 0 Å². The highest BCUT2D eigenvalue weighted by Crippen LogP contribution is 2.36. The van der Waals surface area contributed by atoms with Gasteiger partial charge in [-0.3, -0.25) is 0 Å². The second kappa shape index (κ2) is 10.1. The first-order valence-corrected chi connectivity index (χ1v) is 10.1. The van der Waals surface area contributed by atoms with Crippen LogP contribution in [0.2, 0.25) is 10.0 Å². The number of hydrogen-bond donors (Lipinski definition) is 1. The van der Waals surface area contributed by atoms with Crippen molar-refractivity contribution in [3.8, 4) is 0 Å². The molecule has 1 aromatic carbocycles. The fourth-order valence-electron chi connectivity index (χ4n) is 3.56. The molecule has 0 saturated heterocycles. The Morgan fingerprint density at radius 2 is 1.89 bits per heavy atom. The van der Waals surface area contributed by atoms with Gasteiger partial charge in [0.1, 0.15) is 12.7 Å². The Hall–Kier alpha value is -0.880. The maximum atomic E-state index is 11.6. The number of aliphatic hydroxyl groups is 1. The summed E-state index contributed by atoms with van der Waals surface area (Å²) in [6, 6.07) is 7.22. The lowest BCUT2D eigenvalue weighted by atomic mass is 10.0. The topological polar surface area (TPSA) is 40.2 Å². The van der Waals surface area contributed by atoms with Gasteiger partial charge in [0.15, 0.2) is 0 Å². The van der Waals surface area contributed by atoms with E-state index in [0.717, 1.165) is 30.9 Å². The smallest absolute Gasteiger partial charge is 0.396 e. The summed E-state index contributed by atoms with van der Waals surface area (Å²) >= 11 is 12.3. The molecule has 0 bridgehead atoms. The molecule has 148 valence electrons. The number of unbranched alkanes of at least 4 members (excludes halogenated alkanes) is 5. The molecule has 1 aliphatic heterocycles. The minimum Gasteiger partial charge on any atom is -1.00 e. The molecule has 1 aromatic heterocycles. The highest BCUT2D eigenvalue weighted by Gasteiger charge is 2.51. The monoisotopic (exact) mass is 473 g/mol. The molecular formula is C20H26BrCl2N3O. The normalized spacial score (nSPS) is 18.3. The number of aromatic nitrogens is 2. The van der Waals surface area contributed by atoms with Crippen molar-refractivity contribution in [2.24, 2.45) is 0 Å². The number of nitrogens with zero attached hydrogens (tertiary/aromatic N) is 3. The number of benzene rings is 1. The van der Waals surface area contributed by atoms with Crippen LogP contribution in [0.4, 0.5) is 5.95 Å². The molecule has 0 unspecified atom stereocenters. The maximum absolute atomic E-state index is 11.6. The molecule has 27 heavy (non-hydrogen) atoms. The van der Waals surface area contributed by atoms with Gasteiger partial charge in [0.2, 0.25) is 5.72 Å².